The van der Waals surface area contributed by atoms with Gasteiger partial charge in [-0.2, -0.15) is 0 Å². The Morgan fingerprint density at radius 1 is 1.00 bits per heavy atom. The van der Waals surface area contributed by atoms with Crippen LogP contribution < -0.4 is 14.8 Å². The van der Waals surface area contributed by atoms with Gasteiger partial charge in [0.15, 0.2) is 11.5 Å². The molecule has 1 amide bonds. The van der Waals surface area contributed by atoms with E-state index in [9.17, 15) is 13.2 Å². The van der Waals surface area contributed by atoms with Gasteiger partial charge in [-0.1, -0.05) is 18.2 Å². The van der Waals surface area contributed by atoms with Crippen LogP contribution >= 0.6 is 0 Å². The van der Waals surface area contributed by atoms with Crippen LogP contribution in [0.15, 0.2) is 59.5 Å². The fourth-order valence-corrected chi connectivity index (χ4v) is 5.06. The molecule has 0 spiro atoms. The Hall–Kier alpha value is -3.43. The van der Waals surface area contributed by atoms with Crippen molar-refractivity contribution < 1.29 is 22.7 Å². The van der Waals surface area contributed by atoms with Gasteiger partial charge in [0, 0.05) is 25.4 Å². The fourth-order valence-electron chi connectivity index (χ4n) is 4.16. The zero-order valence-corrected chi connectivity index (χ0v) is 20.0. The number of rotatable bonds is 6. The van der Waals surface area contributed by atoms with Gasteiger partial charge in [-0.15, -0.1) is 0 Å². The molecule has 1 saturated carbocycles. The molecule has 9 heteroatoms. The molecular formula is C25H25N3O5S. The maximum absolute atomic E-state index is 13.2. The van der Waals surface area contributed by atoms with Crippen LogP contribution in [-0.2, 0) is 20.2 Å². The lowest BCUT2D eigenvalue weighted by Crippen LogP contribution is -2.28. The van der Waals surface area contributed by atoms with Crippen LogP contribution in [0.2, 0.25) is 0 Å². The molecule has 0 radical (unpaired) electrons. The Kier molecular flexibility index (Phi) is 5.33. The van der Waals surface area contributed by atoms with Crippen LogP contribution in [0.1, 0.15) is 24.1 Å². The van der Waals surface area contributed by atoms with Gasteiger partial charge >= 0.3 is 0 Å². The van der Waals surface area contributed by atoms with Gasteiger partial charge in [-0.25, -0.2) is 17.7 Å². The lowest BCUT2D eigenvalue weighted by atomic mass is 9.94. The summed E-state index contributed by atoms with van der Waals surface area (Å²) >= 11 is 0. The third-order valence-corrected chi connectivity index (χ3v) is 8.21. The molecule has 2 aliphatic rings. The molecule has 1 fully saturated rings. The predicted octanol–water partition coefficient (Wildman–Crippen LogP) is 3.71. The smallest absolute Gasteiger partial charge is 0.242 e. The largest absolute Gasteiger partial charge is 0.454 e. The Bertz CT molecular complexity index is 1380. The maximum Gasteiger partial charge on any atom is 0.242 e. The number of benzene rings is 2. The van der Waals surface area contributed by atoms with Crippen molar-refractivity contribution >= 4 is 21.7 Å². The molecule has 1 N–H and O–H groups in total. The minimum atomic E-state index is -3.49. The van der Waals surface area contributed by atoms with Crippen molar-refractivity contribution in [2.24, 2.45) is 0 Å². The molecule has 0 unspecified atom stereocenters. The van der Waals surface area contributed by atoms with Gasteiger partial charge in [0.1, 0.15) is 5.82 Å². The number of anilines is 1. The first-order valence-corrected chi connectivity index (χ1v) is 12.4. The molecule has 3 aromatic rings. The highest BCUT2D eigenvalue weighted by Crippen LogP contribution is 2.51. The monoisotopic (exact) mass is 479 g/mol. The minimum absolute atomic E-state index is 0.0933. The van der Waals surface area contributed by atoms with Crippen LogP contribution in [0.5, 0.6) is 11.5 Å². The molecular weight excluding hydrogens is 454 g/mol. The lowest BCUT2D eigenvalue weighted by molar-refractivity contribution is -0.118. The van der Waals surface area contributed by atoms with E-state index in [1.807, 2.05) is 31.2 Å². The number of carbonyl (C=O) groups excluding carboxylic acids is 1. The number of aromatic nitrogens is 1. The molecule has 1 aliphatic heterocycles. The zero-order chi connectivity index (χ0) is 24.1. The third kappa shape index (κ3) is 3.80. The molecule has 34 heavy (non-hydrogen) atoms. The fraction of sp³-hybridized carbons (Fsp3) is 0.280. The van der Waals surface area contributed by atoms with Crippen molar-refractivity contribution in [1.29, 1.82) is 0 Å². The molecule has 2 aromatic carbocycles. The number of hydrogen-bond donors (Lipinski definition) is 1. The second-order valence-corrected chi connectivity index (χ2v) is 10.9. The van der Waals surface area contributed by atoms with Crippen LogP contribution in [0.25, 0.3) is 11.1 Å². The Balaban J connectivity index is 1.34. The molecule has 176 valence electrons. The molecule has 0 bridgehead atoms. The summed E-state index contributed by atoms with van der Waals surface area (Å²) in [6, 6.07) is 16.0. The average Bonchev–Trinajstić information content (AvgIpc) is 3.50. The molecule has 0 atom stereocenters. The highest BCUT2D eigenvalue weighted by Gasteiger charge is 2.51. The van der Waals surface area contributed by atoms with E-state index in [1.165, 1.54) is 18.4 Å². The number of ether oxygens (including phenoxy) is 2. The first-order valence-electron chi connectivity index (χ1n) is 10.9. The van der Waals surface area contributed by atoms with E-state index in [2.05, 4.69) is 10.3 Å². The van der Waals surface area contributed by atoms with Gasteiger partial charge in [0.25, 0.3) is 0 Å². The third-order valence-electron chi connectivity index (χ3n) is 6.38. The highest BCUT2D eigenvalue weighted by molar-refractivity contribution is 7.89. The van der Waals surface area contributed by atoms with Gasteiger partial charge in [0.05, 0.1) is 10.3 Å². The predicted molar refractivity (Wildman–Crippen MR) is 127 cm³/mol. The van der Waals surface area contributed by atoms with E-state index >= 15 is 0 Å². The van der Waals surface area contributed by atoms with Crippen LogP contribution in [0, 0.1) is 6.92 Å². The number of sulfonamides is 1. The van der Waals surface area contributed by atoms with Crippen molar-refractivity contribution in [3.63, 3.8) is 0 Å². The van der Waals surface area contributed by atoms with Crippen molar-refractivity contribution in [2.75, 3.05) is 26.2 Å². The van der Waals surface area contributed by atoms with Crippen molar-refractivity contribution in [3.05, 3.63) is 65.9 Å². The summed E-state index contributed by atoms with van der Waals surface area (Å²) in [5, 5.41) is 2.96. The molecule has 8 nitrogen and oxygen atoms in total. The number of pyridine rings is 1. The number of nitrogens with one attached hydrogen (secondary N) is 1. The first kappa shape index (κ1) is 22.4. The molecule has 2 heterocycles. The summed E-state index contributed by atoms with van der Waals surface area (Å²) in [4.78, 5) is 18.0. The quantitative estimate of drug-likeness (QED) is 0.579. The SMILES string of the molecule is Cc1nc(NC(=O)C2(c3ccc4c(c3)OCO4)CC2)ccc1-c1ccc(S(=O)(=O)N(C)C)cc1. The number of carbonyl (C=O) groups is 1. The molecule has 0 saturated heterocycles. The van der Waals surface area contributed by atoms with Crippen LogP contribution in [-0.4, -0.2) is 44.5 Å². The Morgan fingerprint density at radius 2 is 1.71 bits per heavy atom. The second kappa shape index (κ2) is 8.11. The summed E-state index contributed by atoms with van der Waals surface area (Å²) in [6.07, 6.45) is 1.52. The summed E-state index contributed by atoms with van der Waals surface area (Å²) in [6.45, 7) is 2.06. The summed E-state index contributed by atoms with van der Waals surface area (Å²) < 4.78 is 36.6. The standard InChI is InChI=1S/C25H25N3O5S/c1-16-20(17-4-7-19(8-5-17)34(30,31)28(2)3)9-11-23(26-16)27-24(29)25(12-13-25)18-6-10-21-22(14-18)33-15-32-21/h4-11,14H,12-13,15H2,1-3H3,(H,26,27,29). The lowest BCUT2D eigenvalue weighted by Gasteiger charge is -2.17. The topological polar surface area (TPSA) is 97.8 Å². The number of hydrogen-bond acceptors (Lipinski definition) is 6. The maximum atomic E-state index is 13.2. The van der Waals surface area contributed by atoms with Crippen molar-refractivity contribution in [3.8, 4) is 22.6 Å². The number of amides is 1. The molecule has 5 rings (SSSR count). The van der Waals surface area contributed by atoms with E-state index in [4.69, 9.17) is 9.47 Å². The van der Waals surface area contributed by atoms with Crippen molar-refractivity contribution in [2.45, 2.75) is 30.1 Å². The van der Waals surface area contributed by atoms with Crippen LogP contribution in [0.4, 0.5) is 5.82 Å². The van der Waals surface area contributed by atoms with E-state index in [1.54, 1.807) is 30.3 Å². The normalized spacial score (nSPS) is 15.9. The number of fused-ring (bicyclic) bond motifs is 1. The second-order valence-electron chi connectivity index (χ2n) is 8.75. The number of aryl methyl sites for hydroxylation is 1. The molecule has 1 aromatic heterocycles. The first-order chi connectivity index (χ1) is 16.2. The molecule has 1 aliphatic carbocycles. The van der Waals surface area contributed by atoms with Crippen molar-refractivity contribution in [1.82, 2.24) is 9.29 Å². The van der Waals surface area contributed by atoms with E-state index in [-0.39, 0.29) is 17.6 Å². The highest BCUT2D eigenvalue weighted by atomic mass is 32.2. The van der Waals surface area contributed by atoms with E-state index in [0.717, 1.165) is 35.2 Å². The summed E-state index contributed by atoms with van der Waals surface area (Å²) in [5.74, 6) is 1.74. The summed E-state index contributed by atoms with van der Waals surface area (Å²) in [7, 11) is -0.480. The van der Waals surface area contributed by atoms with E-state index in [0.29, 0.717) is 17.3 Å². The Morgan fingerprint density at radius 3 is 2.35 bits per heavy atom. The van der Waals surface area contributed by atoms with E-state index < -0.39 is 15.4 Å². The number of nitrogens with zero attached hydrogens (tertiary/aromatic N) is 2. The average molecular weight is 480 g/mol. The Labute approximate surface area is 198 Å². The van der Waals surface area contributed by atoms with Crippen LogP contribution in [0.3, 0.4) is 0 Å². The van der Waals surface area contributed by atoms with Gasteiger partial charge in [-0.3, -0.25) is 4.79 Å². The zero-order valence-electron chi connectivity index (χ0n) is 19.2. The summed E-state index contributed by atoms with van der Waals surface area (Å²) in [5.41, 5.74) is 2.77. The minimum Gasteiger partial charge on any atom is -0.454 e. The van der Waals surface area contributed by atoms with Gasteiger partial charge in [-0.05, 0) is 67.3 Å². The van der Waals surface area contributed by atoms with Gasteiger partial charge < -0.3 is 14.8 Å². The van der Waals surface area contributed by atoms with Gasteiger partial charge in [0.2, 0.25) is 22.7 Å².